The van der Waals surface area contributed by atoms with Crippen LogP contribution in [-0.4, -0.2) is 19.8 Å². The molecule has 1 N–H and O–H groups in total. The molecule has 0 unspecified atom stereocenters. The maximum Gasteiger partial charge on any atom is 0.178 e. The maximum absolute atomic E-state index is 13.8. The topological polar surface area (TPSA) is 55.1 Å². The van der Waals surface area contributed by atoms with E-state index in [1.54, 1.807) is 22.7 Å². The quantitative estimate of drug-likeness (QED) is 0.725. The molecular formula is C15H14BrClFN5. The Morgan fingerprint density at radius 3 is 2.91 bits per heavy atom. The number of halogens is 3. The normalized spacial score (nSPS) is 12.7. The van der Waals surface area contributed by atoms with Crippen LogP contribution in [0.15, 0.2) is 28.7 Å². The summed E-state index contributed by atoms with van der Waals surface area (Å²) in [7, 11) is 0. The summed E-state index contributed by atoms with van der Waals surface area (Å²) in [6, 6.07) is 6.68. The fourth-order valence-corrected chi connectivity index (χ4v) is 3.00. The lowest BCUT2D eigenvalue weighted by Crippen LogP contribution is -2.21. The van der Waals surface area contributed by atoms with E-state index in [9.17, 15) is 4.39 Å². The van der Waals surface area contributed by atoms with Crippen molar-refractivity contribution in [3.63, 3.8) is 0 Å². The number of hydrogen-bond donors (Lipinski definition) is 1. The molecule has 0 aliphatic rings. The second kappa shape index (κ2) is 6.51. The Labute approximate surface area is 146 Å². The molecular weight excluding hydrogens is 385 g/mol. The summed E-state index contributed by atoms with van der Waals surface area (Å²) in [5, 5.41) is 16.0. The molecule has 8 heteroatoms. The molecule has 1 atom stereocenters. The van der Waals surface area contributed by atoms with Crippen molar-refractivity contribution in [3.05, 3.63) is 56.7 Å². The molecule has 120 valence electrons. The van der Waals surface area contributed by atoms with Crippen molar-refractivity contribution in [1.82, 2.24) is 25.1 Å². The first-order valence-corrected chi connectivity index (χ1v) is 8.18. The van der Waals surface area contributed by atoms with Crippen molar-refractivity contribution in [2.75, 3.05) is 0 Å². The summed E-state index contributed by atoms with van der Waals surface area (Å²) in [6.45, 7) is 4.36. The van der Waals surface area contributed by atoms with Gasteiger partial charge >= 0.3 is 0 Å². The van der Waals surface area contributed by atoms with Crippen molar-refractivity contribution in [2.45, 2.75) is 26.4 Å². The number of fused-ring (bicyclic) bond motifs is 1. The molecule has 0 radical (unpaired) electrons. The number of benzene rings is 1. The van der Waals surface area contributed by atoms with Crippen LogP contribution in [0.4, 0.5) is 4.39 Å². The summed E-state index contributed by atoms with van der Waals surface area (Å²) in [4.78, 5) is 0. The van der Waals surface area contributed by atoms with Gasteiger partial charge in [0.05, 0.1) is 11.0 Å². The first kappa shape index (κ1) is 16.3. The molecule has 0 amide bonds. The molecule has 2 heterocycles. The minimum absolute atomic E-state index is 0.0517. The van der Waals surface area contributed by atoms with E-state index in [1.807, 2.05) is 13.8 Å². The second-order valence-corrected chi connectivity index (χ2v) is 6.51. The Morgan fingerprint density at radius 2 is 2.13 bits per heavy atom. The molecule has 23 heavy (non-hydrogen) atoms. The zero-order valence-electron chi connectivity index (χ0n) is 12.5. The Kier molecular flexibility index (Phi) is 4.61. The van der Waals surface area contributed by atoms with Gasteiger partial charge in [0.1, 0.15) is 11.0 Å². The average Bonchev–Trinajstić information content (AvgIpc) is 2.90. The molecule has 2 aromatic heterocycles. The SMILES string of the molecule is Cc1cc(Br)c(F)cc1[C@H](C)NCc1nnc2ccc(Cl)nn12. The highest BCUT2D eigenvalue weighted by molar-refractivity contribution is 9.10. The van der Waals surface area contributed by atoms with E-state index in [-0.39, 0.29) is 11.9 Å². The van der Waals surface area contributed by atoms with Crippen LogP contribution in [0.3, 0.4) is 0 Å². The van der Waals surface area contributed by atoms with Crippen molar-refractivity contribution >= 4 is 33.2 Å². The van der Waals surface area contributed by atoms with Crippen molar-refractivity contribution in [2.24, 2.45) is 0 Å². The van der Waals surface area contributed by atoms with Gasteiger partial charge in [-0.25, -0.2) is 4.39 Å². The summed E-state index contributed by atoms with van der Waals surface area (Å²) < 4.78 is 15.8. The van der Waals surface area contributed by atoms with Crippen LogP contribution in [0.2, 0.25) is 5.15 Å². The molecule has 0 aliphatic carbocycles. The number of nitrogens with zero attached hydrogens (tertiary/aromatic N) is 4. The van der Waals surface area contributed by atoms with Gasteiger partial charge in [0.2, 0.25) is 0 Å². The summed E-state index contributed by atoms with van der Waals surface area (Å²) in [5.74, 6) is 0.366. The Hall–Kier alpha value is -1.57. The first-order valence-electron chi connectivity index (χ1n) is 7.01. The Balaban J connectivity index is 1.79. The van der Waals surface area contributed by atoms with E-state index >= 15 is 0 Å². The third-order valence-corrected chi connectivity index (χ3v) is 4.45. The predicted octanol–water partition coefficient (Wildman–Crippen LogP) is 3.84. The molecule has 0 saturated carbocycles. The van der Waals surface area contributed by atoms with E-state index in [2.05, 4.69) is 36.5 Å². The largest absolute Gasteiger partial charge is 0.303 e. The average molecular weight is 399 g/mol. The van der Waals surface area contributed by atoms with Gasteiger partial charge < -0.3 is 5.32 Å². The van der Waals surface area contributed by atoms with Crippen LogP contribution >= 0.6 is 27.5 Å². The minimum atomic E-state index is -0.277. The highest BCUT2D eigenvalue weighted by Gasteiger charge is 2.14. The van der Waals surface area contributed by atoms with Gasteiger partial charge in [0.25, 0.3) is 0 Å². The number of aryl methyl sites for hydroxylation is 1. The minimum Gasteiger partial charge on any atom is -0.303 e. The zero-order chi connectivity index (χ0) is 16.6. The standard InChI is InChI=1S/C15H14BrClFN5/c1-8-5-11(16)12(18)6-10(8)9(2)19-7-15-21-20-14-4-3-13(17)22-23(14)15/h3-6,9,19H,7H2,1-2H3/t9-/m0/s1. The van der Waals surface area contributed by atoms with Crippen LogP contribution in [-0.2, 0) is 6.54 Å². The van der Waals surface area contributed by atoms with E-state index in [4.69, 9.17) is 11.6 Å². The third-order valence-electron chi connectivity index (χ3n) is 3.64. The van der Waals surface area contributed by atoms with Gasteiger partial charge in [-0.15, -0.1) is 10.2 Å². The van der Waals surface area contributed by atoms with Gasteiger partial charge in [-0.1, -0.05) is 11.6 Å². The Bertz CT molecular complexity index is 866. The molecule has 5 nitrogen and oxygen atoms in total. The highest BCUT2D eigenvalue weighted by Crippen LogP contribution is 2.25. The number of rotatable bonds is 4. The van der Waals surface area contributed by atoms with Crippen LogP contribution in [0.25, 0.3) is 5.65 Å². The monoisotopic (exact) mass is 397 g/mol. The van der Waals surface area contributed by atoms with Gasteiger partial charge in [-0.3, -0.25) is 0 Å². The summed E-state index contributed by atoms with van der Waals surface area (Å²) >= 11 is 9.10. The van der Waals surface area contributed by atoms with Gasteiger partial charge in [0, 0.05) is 6.04 Å². The van der Waals surface area contributed by atoms with Crippen LogP contribution in [0, 0.1) is 12.7 Å². The summed E-state index contributed by atoms with van der Waals surface area (Å²) in [6.07, 6.45) is 0. The van der Waals surface area contributed by atoms with Gasteiger partial charge in [-0.2, -0.15) is 9.61 Å². The summed E-state index contributed by atoms with van der Waals surface area (Å²) in [5.41, 5.74) is 2.53. The fraction of sp³-hybridized carbons (Fsp3) is 0.267. The third kappa shape index (κ3) is 3.36. The van der Waals surface area contributed by atoms with E-state index in [0.29, 0.717) is 27.6 Å². The maximum atomic E-state index is 13.8. The Morgan fingerprint density at radius 1 is 1.35 bits per heavy atom. The molecule has 0 spiro atoms. The van der Waals surface area contributed by atoms with Crippen LogP contribution < -0.4 is 5.32 Å². The fourth-order valence-electron chi connectivity index (χ4n) is 2.40. The molecule has 0 bridgehead atoms. The van der Waals surface area contributed by atoms with Gasteiger partial charge in [-0.05, 0) is 65.2 Å². The van der Waals surface area contributed by atoms with Crippen LogP contribution in [0.5, 0.6) is 0 Å². The molecule has 3 aromatic rings. The molecule has 0 saturated heterocycles. The second-order valence-electron chi connectivity index (χ2n) is 5.27. The molecule has 1 aromatic carbocycles. The van der Waals surface area contributed by atoms with Crippen molar-refractivity contribution in [1.29, 1.82) is 0 Å². The lowest BCUT2D eigenvalue weighted by Gasteiger charge is -2.16. The highest BCUT2D eigenvalue weighted by atomic mass is 79.9. The number of nitrogens with one attached hydrogen (secondary N) is 1. The molecule has 3 rings (SSSR count). The lowest BCUT2D eigenvalue weighted by molar-refractivity contribution is 0.542. The van der Waals surface area contributed by atoms with Gasteiger partial charge in [0.15, 0.2) is 11.5 Å². The van der Waals surface area contributed by atoms with E-state index in [0.717, 1.165) is 11.1 Å². The number of aromatic nitrogens is 4. The smallest absolute Gasteiger partial charge is 0.178 e. The first-order chi connectivity index (χ1) is 11.0. The zero-order valence-corrected chi connectivity index (χ0v) is 14.9. The van der Waals surface area contributed by atoms with Crippen molar-refractivity contribution in [3.8, 4) is 0 Å². The predicted molar refractivity (Wildman–Crippen MR) is 89.9 cm³/mol. The lowest BCUT2D eigenvalue weighted by atomic mass is 10.0. The van der Waals surface area contributed by atoms with Crippen molar-refractivity contribution < 1.29 is 4.39 Å². The van der Waals surface area contributed by atoms with E-state index in [1.165, 1.54) is 6.07 Å². The molecule has 0 fully saturated rings. The van der Waals surface area contributed by atoms with E-state index < -0.39 is 0 Å². The van der Waals surface area contributed by atoms with Crippen LogP contribution in [0.1, 0.15) is 29.9 Å². The number of hydrogen-bond acceptors (Lipinski definition) is 4. The molecule has 0 aliphatic heterocycles.